The Balaban J connectivity index is 2.69. The first-order valence-corrected chi connectivity index (χ1v) is 7.96. The zero-order chi connectivity index (χ0) is 11.3. The van der Waals surface area contributed by atoms with E-state index in [1.807, 2.05) is 6.92 Å². The van der Waals surface area contributed by atoms with Crippen molar-refractivity contribution in [2.24, 2.45) is 0 Å². The van der Waals surface area contributed by atoms with Gasteiger partial charge in [0.1, 0.15) is 0 Å². The van der Waals surface area contributed by atoms with Gasteiger partial charge in [0, 0.05) is 31.5 Å². The number of alkyl halides is 1. The summed E-state index contributed by atoms with van der Waals surface area (Å²) in [5, 5.41) is 0.688. The summed E-state index contributed by atoms with van der Waals surface area (Å²) in [6.45, 7) is 4.34. The lowest BCUT2D eigenvalue weighted by molar-refractivity contribution is 0.310. The second-order valence-electron chi connectivity index (χ2n) is 3.65. The number of piperidine rings is 1. The number of rotatable bonds is 5. The molecular formula is C9H19BrN2O2S. The molecule has 0 aromatic carbocycles. The highest BCUT2D eigenvalue weighted by molar-refractivity contribution is 9.09. The van der Waals surface area contributed by atoms with Gasteiger partial charge in [-0.15, -0.1) is 0 Å². The standard InChI is InChI=1S/C9H19BrN2O2S/c1-2-11(9-6-10)15(13,14)12-7-4-3-5-8-12/h2-9H2,1H3. The molecule has 0 N–H and O–H groups in total. The molecule has 1 heterocycles. The molecule has 0 amide bonds. The molecule has 6 heteroatoms. The minimum absolute atomic E-state index is 0.546. The van der Waals surface area contributed by atoms with Crippen molar-refractivity contribution in [1.29, 1.82) is 0 Å². The first-order valence-electron chi connectivity index (χ1n) is 5.44. The summed E-state index contributed by atoms with van der Waals surface area (Å²) in [4.78, 5) is 0. The summed E-state index contributed by atoms with van der Waals surface area (Å²) in [5.41, 5.74) is 0. The van der Waals surface area contributed by atoms with Crippen molar-refractivity contribution in [3.63, 3.8) is 0 Å². The van der Waals surface area contributed by atoms with Crippen LogP contribution >= 0.6 is 15.9 Å². The monoisotopic (exact) mass is 298 g/mol. The molecule has 0 aromatic rings. The Morgan fingerprint density at radius 1 is 1.27 bits per heavy atom. The van der Waals surface area contributed by atoms with Crippen LogP contribution in [0, 0.1) is 0 Å². The lowest BCUT2D eigenvalue weighted by atomic mass is 10.2. The Morgan fingerprint density at radius 3 is 2.33 bits per heavy atom. The molecule has 0 atom stereocenters. The Bertz CT molecular complexity index is 265. The van der Waals surface area contributed by atoms with Crippen LogP contribution in [-0.2, 0) is 10.2 Å². The first kappa shape index (κ1) is 13.4. The SMILES string of the molecule is CCN(CCBr)S(=O)(=O)N1CCCCC1. The van der Waals surface area contributed by atoms with Gasteiger partial charge in [-0.3, -0.25) is 0 Å². The molecule has 1 aliphatic heterocycles. The number of hydrogen-bond donors (Lipinski definition) is 0. The van der Waals surface area contributed by atoms with Gasteiger partial charge < -0.3 is 0 Å². The lowest BCUT2D eigenvalue weighted by Crippen LogP contribution is -2.46. The average molecular weight is 299 g/mol. The molecule has 0 spiro atoms. The van der Waals surface area contributed by atoms with Crippen LogP contribution in [0.15, 0.2) is 0 Å². The third-order valence-electron chi connectivity index (χ3n) is 2.65. The van der Waals surface area contributed by atoms with E-state index in [1.54, 1.807) is 4.31 Å². The van der Waals surface area contributed by atoms with Crippen LogP contribution in [0.2, 0.25) is 0 Å². The predicted octanol–water partition coefficient (Wildman–Crippen LogP) is 1.43. The highest BCUT2D eigenvalue weighted by Crippen LogP contribution is 2.16. The van der Waals surface area contributed by atoms with E-state index in [0.717, 1.165) is 19.3 Å². The van der Waals surface area contributed by atoms with Crippen molar-refractivity contribution in [1.82, 2.24) is 8.61 Å². The van der Waals surface area contributed by atoms with Crippen molar-refractivity contribution in [2.45, 2.75) is 26.2 Å². The van der Waals surface area contributed by atoms with Crippen molar-refractivity contribution in [3.8, 4) is 0 Å². The molecular weight excluding hydrogens is 280 g/mol. The fourth-order valence-corrected chi connectivity index (χ4v) is 4.15. The van der Waals surface area contributed by atoms with Gasteiger partial charge in [0.15, 0.2) is 0 Å². The molecule has 4 nitrogen and oxygen atoms in total. The summed E-state index contributed by atoms with van der Waals surface area (Å²) in [6, 6.07) is 0. The van der Waals surface area contributed by atoms with Crippen LogP contribution in [0.4, 0.5) is 0 Å². The maximum atomic E-state index is 12.1. The fourth-order valence-electron chi connectivity index (χ4n) is 1.79. The van der Waals surface area contributed by atoms with Gasteiger partial charge >= 0.3 is 0 Å². The van der Waals surface area contributed by atoms with E-state index in [2.05, 4.69) is 15.9 Å². The van der Waals surface area contributed by atoms with E-state index in [-0.39, 0.29) is 0 Å². The van der Waals surface area contributed by atoms with E-state index >= 15 is 0 Å². The Labute approximate surface area is 101 Å². The van der Waals surface area contributed by atoms with Crippen molar-refractivity contribution < 1.29 is 8.42 Å². The van der Waals surface area contributed by atoms with Gasteiger partial charge in [-0.1, -0.05) is 29.3 Å². The molecule has 1 fully saturated rings. The van der Waals surface area contributed by atoms with E-state index in [0.29, 0.717) is 31.5 Å². The summed E-state index contributed by atoms with van der Waals surface area (Å²) >= 11 is 3.28. The second kappa shape index (κ2) is 6.18. The van der Waals surface area contributed by atoms with Crippen LogP contribution in [0.25, 0.3) is 0 Å². The topological polar surface area (TPSA) is 40.6 Å². The van der Waals surface area contributed by atoms with Crippen molar-refractivity contribution in [2.75, 3.05) is 31.5 Å². The van der Waals surface area contributed by atoms with Crippen LogP contribution in [-0.4, -0.2) is 48.5 Å². The average Bonchev–Trinajstić information content (AvgIpc) is 2.27. The fraction of sp³-hybridized carbons (Fsp3) is 1.00. The van der Waals surface area contributed by atoms with Gasteiger partial charge in [-0.05, 0) is 12.8 Å². The first-order chi connectivity index (χ1) is 7.12. The number of hydrogen-bond acceptors (Lipinski definition) is 2. The molecule has 0 aromatic heterocycles. The molecule has 0 unspecified atom stereocenters. The molecule has 1 saturated heterocycles. The Kier molecular flexibility index (Phi) is 5.52. The van der Waals surface area contributed by atoms with Gasteiger partial charge in [-0.2, -0.15) is 17.0 Å². The van der Waals surface area contributed by atoms with Gasteiger partial charge in [0.25, 0.3) is 10.2 Å². The number of halogens is 1. The third kappa shape index (κ3) is 3.41. The largest absolute Gasteiger partial charge is 0.281 e. The smallest absolute Gasteiger partial charge is 0.195 e. The Hall–Kier alpha value is 0.350. The van der Waals surface area contributed by atoms with Gasteiger partial charge in [0.2, 0.25) is 0 Å². The minimum Gasteiger partial charge on any atom is -0.195 e. The molecule has 0 saturated carbocycles. The zero-order valence-electron chi connectivity index (χ0n) is 9.15. The van der Waals surface area contributed by atoms with Crippen LogP contribution in [0.5, 0.6) is 0 Å². The number of nitrogens with zero attached hydrogens (tertiary/aromatic N) is 2. The quantitative estimate of drug-likeness (QED) is 0.721. The molecule has 15 heavy (non-hydrogen) atoms. The van der Waals surface area contributed by atoms with Crippen LogP contribution in [0.1, 0.15) is 26.2 Å². The van der Waals surface area contributed by atoms with Crippen LogP contribution in [0.3, 0.4) is 0 Å². The Morgan fingerprint density at radius 2 is 1.87 bits per heavy atom. The van der Waals surface area contributed by atoms with Crippen LogP contribution < -0.4 is 0 Å². The van der Waals surface area contributed by atoms with E-state index in [9.17, 15) is 8.42 Å². The van der Waals surface area contributed by atoms with E-state index in [1.165, 1.54) is 4.31 Å². The molecule has 1 aliphatic rings. The normalized spacial score (nSPS) is 19.7. The third-order valence-corrected chi connectivity index (χ3v) is 5.12. The maximum Gasteiger partial charge on any atom is 0.281 e. The molecule has 0 radical (unpaired) electrons. The summed E-state index contributed by atoms with van der Waals surface area (Å²) in [7, 11) is -3.20. The van der Waals surface area contributed by atoms with Crippen molar-refractivity contribution >= 4 is 26.1 Å². The van der Waals surface area contributed by atoms with E-state index < -0.39 is 10.2 Å². The highest BCUT2D eigenvalue weighted by atomic mass is 79.9. The van der Waals surface area contributed by atoms with Gasteiger partial charge in [-0.25, -0.2) is 0 Å². The maximum absolute atomic E-state index is 12.1. The lowest BCUT2D eigenvalue weighted by Gasteiger charge is -2.31. The highest BCUT2D eigenvalue weighted by Gasteiger charge is 2.28. The molecule has 0 bridgehead atoms. The minimum atomic E-state index is -3.20. The molecule has 0 aliphatic carbocycles. The van der Waals surface area contributed by atoms with E-state index in [4.69, 9.17) is 0 Å². The van der Waals surface area contributed by atoms with Gasteiger partial charge in [0.05, 0.1) is 0 Å². The summed E-state index contributed by atoms with van der Waals surface area (Å²) in [6.07, 6.45) is 3.13. The molecule has 1 rings (SSSR count). The summed E-state index contributed by atoms with van der Waals surface area (Å²) < 4.78 is 27.4. The van der Waals surface area contributed by atoms with Crippen molar-refractivity contribution in [3.05, 3.63) is 0 Å². The second-order valence-corrected chi connectivity index (χ2v) is 6.37. The predicted molar refractivity (Wildman–Crippen MR) is 65.4 cm³/mol. The summed E-state index contributed by atoms with van der Waals surface area (Å²) in [5.74, 6) is 0. The molecule has 90 valence electrons. The zero-order valence-corrected chi connectivity index (χ0v) is 11.6.